The van der Waals surface area contributed by atoms with Crippen LogP contribution in [0, 0.1) is 0 Å². The average Bonchev–Trinajstić information content (AvgIpc) is 2.53. The maximum Gasteiger partial charge on any atom is 0.203 e. The molecule has 0 bridgehead atoms. The zero-order valence-corrected chi connectivity index (χ0v) is 12.9. The quantitative estimate of drug-likeness (QED) is 0.914. The van der Waals surface area contributed by atoms with Crippen molar-refractivity contribution in [1.82, 2.24) is 10.2 Å². The van der Waals surface area contributed by atoms with Crippen LogP contribution in [0.2, 0.25) is 0 Å². The predicted molar refractivity (Wildman–Crippen MR) is 81.3 cm³/mol. The molecule has 3 rings (SSSR count). The average molecular weight is 292 g/mol. The van der Waals surface area contributed by atoms with E-state index in [0.29, 0.717) is 19.3 Å². The molecule has 1 aromatic carbocycles. The molecule has 5 nitrogen and oxygen atoms in total. The van der Waals surface area contributed by atoms with E-state index in [0.717, 1.165) is 23.8 Å². The maximum absolute atomic E-state index is 5.67. The van der Waals surface area contributed by atoms with E-state index in [9.17, 15) is 0 Å². The lowest BCUT2D eigenvalue weighted by Gasteiger charge is -2.29. The Hall–Kier alpha value is -1.46. The van der Waals surface area contributed by atoms with Crippen LogP contribution in [0.3, 0.4) is 0 Å². The summed E-state index contributed by atoms with van der Waals surface area (Å²) < 4.78 is 16.7. The Morgan fingerprint density at radius 1 is 1.24 bits per heavy atom. The minimum atomic E-state index is 0.580. The maximum atomic E-state index is 5.67. The molecule has 1 fully saturated rings. The lowest BCUT2D eigenvalue weighted by Crippen LogP contribution is -2.40. The largest absolute Gasteiger partial charge is 0.493 e. The summed E-state index contributed by atoms with van der Waals surface area (Å²) in [4.78, 5) is 2.38. The van der Waals surface area contributed by atoms with Crippen molar-refractivity contribution in [3.63, 3.8) is 0 Å². The first kappa shape index (κ1) is 14.5. The van der Waals surface area contributed by atoms with Gasteiger partial charge in [0.2, 0.25) is 5.75 Å². The molecule has 0 saturated carbocycles. The van der Waals surface area contributed by atoms with Crippen molar-refractivity contribution in [2.45, 2.75) is 25.4 Å². The Morgan fingerprint density at radius 2 is 2.00 bits per heavy atom. The van der Waals surface area contributed by atoms with Gasteiger partial charge in [-0.15, -0.1) is 0 Å². The summed E-state index contributed by atoms with van der Waals surface area (Å²) in [5.41, 5.74) is 1.18. The molecule has 5 heteroatoms. The number of nitrogens with zero attached hydrogens (tertiary/aromatic N) is 1. The summed E-state index contributed by atoms with van der Waals surface area (Å²) in [6, 6.07) is 4.69. The lowest BCUT2D eigenvalue weighted by molar-refractivity contribution is 0.165. The zero-order chi connectivity index (χ0) is 14.7. The number of hydrogen-bond acceptors (Lipinski definition) is 5. The standard InChI is InChI=1S/C16H24N2O3/c1-18-5-3-13(4-6-18)17-11-12-9-14(19-2)16-15(10-12)20-7-8-21-16/h9-10,13,17H,3-8,11H2,1-2H3. The molecule has 0 radical (unpaired) electrons. The summed E-state index contributed by atoms with van der Waals surface area (Å²) in [7, 11) is 3.85. The highest BCUT2D eigenvalue weighted by Crippen LogP contribution is 2.40. The van der Waals surface area contributed by atoms with Gasteiger partial charge in [-0.1, -0.05) is 0 Å². The number of ether oxygens (including phenoxy) is 3. The zero-order valence-electron chi connectivity index (χ0n) is 12.9. The Labute approximate surface area is 126 Å². The van der Waals surface area contributed by atoms with Gasteiger partial charge in [0.25, 0.3) is 0 Å². The van der Waals surface area contributed by atoms with E-state index in [4.69, 9.17) is 14.2 Å². The van der Waals surface area contributed by atoms with Crippen LogP contribution in [0.15, 0.2) is 12.1 Å². The Kier molecular flexibility index (Phi) is 4.51. The van der Waals surface area contributed by atoms with Crippen LogP contribution in [-0.2, 0) is 6.54 Å². The summed E-state index contributed by atoms with van der Waals surface area (Å²) in [6.07, 6.45) is 2.41. The third kappa shape index (κ3) is 3.41. The van der Waals surface area contributed by atoms with Crippen LogP contribution < -0.4 is 19.5 Å². The molecule has 2 heterocycles. The highest BCUT2D eigenvalue weighted by atomic mass is 16.6. The van der Waals surface area contributed by atoms with Crippen molar-refractivity contribution < 1.29 is 14.2 Å². The molecular formula is C16H24N2O3. The molecule has 1 N–H and O–H groups in total. The normalized spacial score (nSPS) is 19.5. The van der Waals surface area contributed by atoms with Crippen LogP contribution in [0.4, 0.5) is 0 Å². The molecule has 0 atom stereocenters. The molecular weight excluding hydrogens is 268 g/mol. The van der Waals surface area contributed by atoms with Gasteiger partial charge in [0.05, 0.1) is 7.11 Å². The molecule has 2 aliphatic heterocycles. The van der Waals surface area contributed by atoms with Crippen LogP contribution in [0.5, 0.6) is 17.2 Å². The highest BCUT2D eigenvalue weighted by Gasteiger charge is 2.20. The SMILES string of the molecule is COc1cc(CNC2CCN(C)CC2)cc2c1OCCO2. The molecule has 1 aromatic rings. The number of hydrogen-bond donors (Lipinski definition) is 1. The number of piperidine rings is 1. The second-order valence-electron chi connectivity index (χ2n) is 5.78. The van der Waals surface area contributed by atoms with Crippen molar-refractivity contribution >= 4 is 0 Å². The van der Waals surface area contributed by atoms with E-state index in [-0.39, 0.29) is 0 Å². The van der Waals surface area contributed by atoms with Crippen molar-refractivity contribution in [2.24, 2.45) is 0 Å². The highest BCUT2D eigenvalue weighted by molar-refractivity contribution is 5.54. The first-order chi connectivity index (χ1) is 10.3. The number of fused-ring (bicyclic) bond motifs is 1. The fraction of sp³-hybridized carbons (Fsp3) is 0.625. The van der Waals surface area contributed by atoms with Crippen LogP contribution in [-0.4, -0.2) is 51.4 Å². The van der Waals surface area contributed by atoms with Gasteiger partial charge in [0.15, 0.2) is 11.5 Å². The number of benzene rings is 1. The monoisotopic (exact) mass is 292 g/mol. The van der Waals surface area contributed by atoms with Gasteiger partial charge in [-0.25, -0.2) is 0 Å². The molecule has 1 saturated heterocycles. The Balaban J connectivity index is 1.65. The minimum Gasteiger partial charge on any atom is -0.493 e. The minimum absolute atomic E-state index is 0.580. The summed E-state index contributed by atoms with van der Waals surface area (Å²) in [5, 5.41) is 3.64. The smallest absolute Gasteiger partial charge is 0.203 e. The van der Waals surface area contributed by atoms with E-state index in [1.807, 2.05) is 6.07 Å². The summed E-state index contributed by atoms with van der Waals surface area (Å²) in [6.45, 7) is 4.35. The van der Waals surface area contributed by atoms with Crippen LogP contribution in [0.1, 0.15) is 18.4 Å². The van der Waals surface area contributed by atoms with Crippen LogP contribution in [0.25, 0.3) is 0 Å². The molecule has 0 unspecified atom stereocenters. The fourth-order valence-corrected chi connectivity index (χ4v) is 2.90. The number of nitrogens with one attached hydrogen (secondary N) is 1. The van der Waals surface area contributed by atoms with Gasteiger partial charge in [0.1, 0.15) is 13.2 Å². The first-order valence-electron chi connectivity index (χ1n) is 7.64. The van der Waals surface area contributed by atoms with Gasteiger partial charge < -0.3 is 24.4 Å². The number of methoxy groups -OCH3 is 1. The topological polar surface area (TPSA) is 43.0 Å². The van der Waals surface area contributed by atoms with E-state index < -0.39 is 0 Å². The van der Waals surface area contributed by atoms with Gasteiger partial charge in [-0.3, -0.25) is 0 Å². The van der Waals surface area contributed by atoms with E-state index >= 15 is 0 Å². The second kappa shape index (κ2) is 6.54. The molecule has 21 heavy (non-hydrogen) atoms. The van der Waals surface area contributed by atoms with Crippen molar-refractivity contribution in [2.75, 3.05) is 40.5 Å². The predicted octanol–water partition coefficient (Wildman–Crippen LogP) is 1.65. The first-order valence-corrected chi connectivity index (χ1v) is 7.64. The molecule has 0 amide bonds. The van der Waals surface area contributed by atoms with Gasteiger partial charge >= 0.3 is 0 Å². The number of rotatable bonds is 4. The molecule has 0 spiro atoms. The number of likely N-dealkylation sites (tertiary alicyclic amines) is 1. The van der Waals surface area contributed by atoms with Crippen molar-refractivity contribution in [1.29, 1.82) is 0 Å². The second-order valence-corrected chi connectivity index (χ2v) is 5.78. The summed E-state index contributed by atoms with van der Waals surface area (Å²) in [5.74, 6) is 2.28. The molecule has 116 valence electrons. The van der Waals surface area contributed by atoms with Crippen LogP contribution >= 0.6 is 0 Å². The molecule has 0 aliphatic carbocycles. The Bertz CT molecular complexity index is 467. The Morgan fingerprint density at radius 3 is 2.76 bits per heavy atom. The lowest BCUT2D eigenvalue weighted by atomic mass is 10.0. The fourth-order valence-electron chi connectivity index (χ4n) is 2.90. The third-order valence-electron chi connectivity index (χ3n) is 4.20. The van der Waals surface area contributed by atoms with Crippen molar-refractivity contribution in [3.8, 4) is 17.2 Å². The van der Waals surface area contributed by atoms with E-state index in [1.54, 1.807) is 7.11 Å². The van der Waals surface area contributed by atoms with Gasteiger partial charge in [-0.2, -0.15) is 0 Å². The van der Waals surface area contributed by atoms with E-state index in [2.05, 4.69) is 23.3 Å². The van der Waals surface area contributed by atoms with Gasteiger partial charge in [0, 0.05) is 12.6 Å². The molecule has 0 aromatic heterocycles. The van der Waals surface area contributed by atoms with Crippen molar-refractivity contribution in [3.05, 3.63) is 17.7 Å². The van der Waals surface area contributed by atoms with Gasteiger partial charge in [-0.05, 0) is 50.7 Å². The summed E-state index contributed by atoms with van der Waals surface area (Å²) >= 11 is 0. The molecule has 2 aliphatic rings. The third-order valence-corrected chi connectivity index (χ3v) is 4.20. The van der Waals surface area contributed by atoms with E-state index in [1.165, 1.54) is 31.5 Å².